The Morgan fingerprint density at radius 3 is 2.67 bits per heavy atom. The predicted octanol–water partition coefficient (Wildman–Crippen LogP) is 0.892. The molecule has 2 unspecified atom stereocenters. The average Bonchev–Trinajstić information content (AvgIpc) is 2.59. The van der Waals surface area contributed by atoms with E-state index < -0.39 is 0 Å². The van der Waals surface area contributed by atoms with Crippen molar-refractivity contribution in [1.82, 2.24) is 20.3 Å². The van der Waals surface area contributed by atoms with Crippen molar-refractivity contribution in [3.05, 3.63) is 11.9 Å². The molecule has 0 aliphatic carbocycles. The van der Waals surface area contributed by atoms with E-state index in [1.54, 1.807) is 0 Å². The fourth-order valence-corrected chi connectivity index (χ4v) is 1.25. The van der Waals surface area contributed by atoms with Crippen molar-refractivity contribution < 1.29 is 0 Å². The van der Waals surface area contributed by atoms with Gasteiger partial charge in [-0.25, -0.2) is 4.68 Å². The quantitative estimate of drug-likeness (QED) is 0.664. The van der Waals surface area contributed by atoms with E-state index >= 15 is 0 Å². The third-order valence-corrected chi connectivity index (χ3v) is 2.21. The van der Waals surface area contributed by atoms with Crippen LogP contribution < -0.4 is 5.32 Å². The van der Waals surface area contributed by atoms with E-state index in [4.69, 9.17) is 0 Å². The van der Waals surface area contributed by atoms with Gasteiger partial charge < -0.3 is 5.32 Å². The first-order valence-electron chi connectivity index (χ1n) is 4.36. The molecule has 1 aromatic rings. The van der Waals surface area contributed by atoms with Gasteiger partial charge in [0.05, 0.1) is 12.2 Å². The highest BCUT2D eigenvalue weighted by atomic mass is 15.4. The second kappa shape index (κ2) is 2.55. The molecule has 2 atom stereocenters. The smallest absolute Gasteiger partial charge is 0.101 e. The normalized spacial score (nSPS) is 28.0. The van der Waals surface area contributed by atoms with Gasteiger partial charge in [0.25, 0.3) is 0 Å². The van der Waals surface area contributed by atoms with Crippen LogP contribution in [0.1, 0.15) is 38.5 Å². The Hall–Kier alpha value is -0.900. The number of hydrogen-bond donors (Lipinski definition) is 1. The molecular formula is C8H14N4. The fraction of sp³-hybridized carbons (Fsp3) is 0.750. The number of rotatable bonds is 2. The number of nitrogens with one attached hydrogen (secondary N) is 1. The molecule has 4 heteroatoms. The van der Waals surface area contributed by atoms with Crippen LogP contribution in [-0.2, 0) is 0 Å². The third kappa shape index (κ3) is 1.22. The van der Waals surface area contributed by atoms with Crippen molar-refractivity contribution in [1.29, 1.82) is 0 Å². The molecule has 1 fully saturated rings. The fourth-order valence-electron chi connectivity index (χ4n) is 1.25. The summed E-state index contributed by atoms with van der Waals surface area (Å²) in [5.74, 6) is 0. The zero-order valence-electron chi connectivity index (χ0n) is 7.65. The van der Waals surface area contributed by atoms with Gasteiger partial charge in [-0.2, -0.15) is 0 Å². The van der Waals surface area contributed by atoms with Gasteiger partial charge in [-0.05, 0) is 20.8 Å². The molecule has 1 N–H and O–H groups in total. The molecule has 2 rings (SSSR count). The standard InChI is InChI=1S/C8H14N4/c1-5(2)12-4-7(10-11-12)8-6(3)9-8/h4-6,8-9H,1-3H3. The Morgan fingerprint density at radius 1 is 1.58 bits per heavy atom. The Morgan fingerprint density at radius 2 is 2.25 bits per heavy atom. The highest BCUT2D eigenvalue weighted by Crippen LogP contribution is 2.27. The average molecular weight is 166 g/mol. The second-order valence-electron chi connectivity index (χ2n) is 3.65. The highest BCUT2D eigenvalue weighted by Gasteiger charge is 2.35. The van der Waals surface area contributed by atoms with Crippen LogP contribution in [0.2, 0.25) is 0 Å². The summed E-state index contributed by atoms with van der Waals surface area (Å²) in [7, 11) is 0. The maximum atomic E-state index is 4.10. The molecule has 1 aromatic heterocycles. The van der Waals surface area contributed by atoms with Gasteiger partial charge in [0.2, 0.25) is 0 Å². The Kier molecular flexibility index (Phi) is 1.65. The summed E-state index contributed by atoms with van der Waals surface area (Å²) in [6.45, 7) is 6.35. The lowest BCUT2D eigenvalue weighted by Gasteiger charge is -2.00. The summed E-state index contributed by atoms with van der Waals surface area (Å²) in [5, 5.41) is 11.4. The van der Waals surface area contributed by atoms with Crippen molar-refractivity contribution in [3.63, 3.8) is 0 Å². The third-order valence-electron chi connectivity index (χ3n) is 2.21. The van der Waals surface area contributed by atoms with Gasteiger partial charge in [0.15, 0.2) is 0 Å². The van der Waals surface area contributed by atoms with Crippen molar-refractivity contribution in [3.8, 4) is 0 Å². The molecule has 0 radical (unpaired) electrons. The minimum Gasteiger partial charge on any atom is -0.303 e. The lowest BCUT2D eigenvalue weighted by Crippen LogP contribution is -2.00. The predicted molar refractivity (Wildman–Crippen MR) is 45.7 cm³/mol. The molecule has 1 aliphatic heterocycles. The summed E-state index contributed by atoms with van der Waals surface area (Å²) in [6.07, 6.45) is 2.02. The van der Waals surface area contributed by atoms with E-state index in [1.165, 1.54) is 0 Å². The van der Waals surface area contributed by atoms with Crippen LogP contribution in [0, 0.1) is 0 Å². The van der Waals surface area contributed by atoms with Crippen molar-refractivity contribution >= 4 is 0 Å². The minimum absolute atomic E-state index is 0.403. The molecule has 0 bridgehead atoms. The molecular weight excluding hydrogens is 152 g/mol. The van der Waals surface area contributed by atoms with E-state index in [0.717, 1.165) is 5.69 Å². The van der Waals surface area contributed by atoms with Crippen LogP contribution in [0.3, 0.4) is 0 Å². The van der Waals surface area contributed by atoms with E-state index in [2.05, 4.69) is 36.4 Å². The van der Waals surface area contributed by atoms with Crippen LogP contribution in [0.25, 0.3) is 0 Å². The van der Waals surface area contributed by atoms with Gasteiger partial charge in [-0.1, -0.05) is 5.21 Å². The van der Waals surface area contributed by atoms with Gasteiger partial charge in [-0.3, -0.25) is 0 Å². The van der Waals surface area contributed by atoms with Gasteiger partial charge in [-0.15, -0.1) is 5.10 Å². The molecule has 0 amide bonds. The summed E-state index contributed by atoms with van der Waals surface area (Å²) in [4.78, 5) is 0. The molecule has 2 heterocycles. The Bertz CT molecular complexity index is 278. The first-order valence-corrected chi connectivity index (χ1v) is 4.36. The van der Waals surface area contributed by atoms with Gasteiger partial charge >= 0.3 is 0 Å². The van der Waals surface area contributed by atoms with E-state index in [0.29, 0.717) is 18.1 Å². The van der Waals surface area contributed by atoms with Crippen LogP contribution in [0.5, 0.6) is 0 Å². The van der Waals surface area contributed by atoms with Crippen LogP contribution in [0.4, 0.5) is 0 Å². The van der Waals surface area contributed by atoms with Gasteiger partial charge in [0.1, 0.15) is 5.69 Å². The SMILES string of the molecule is CC1NC1c1cn(C(C)C)nn1. The zero-order chi connectivity index (χ0) is 8.72. The molecule has 66 valence electrons. The summed E-state index contributed by atoms with van der Waals surface area (Å²) >= 11 is 0. The Balaban J connectivity index is 2.14. The second-order valence-corrected chi connectivity index (χ2v) is 3.65. The lowest BCUT2D eigenvalue weighted by atomic mass is 10.3. The maximum Gasteiger partial charge on any atom is 0.101 e. The monoisotopic (exact) mass is 166 g/mol. The first-order chi connectivity index (χ1) is 5.68. The molecule has 0 spiro atoms. The minimum atomic E-state index is 0.403. The lowest BCUT2D eigenvalue weighted by molar-refractivity contribution is 0.514. The molecule has 0 saturated carbocycles. The number of nitrogens with zero attached hydrogens (tertiary/aromatic N) is 3. The molecule has 4 nitrogen and oxygen atoms in total. The summed E-state index contributed by atoms with van der Waals surface area (Å²) in [5.41, 5.74) is 1.07. The molecule has 12 heavy (non-hydrogen) atoms. The number of aromatic nitrogens is 3. The first kappa shape index (κ1) is 7.73. The van der Waals surface area contributed by atoms with Crippen molar-refractivity contribution in [2.75, 3.05) is 0 Å². The number of hydrogen-bond acceptors (Lipinski definition) is 3. The van der Waals surface area contributed by atoms with Crippen LogP contribution in [-0.4, -0.2) is 21.0 Å². The van der Waals surface area contributed by atoms with E-state index in [-0.39, 0.29) is 0 Å². The van der Waals surface area contributed by atoms with Crippen LogP contribution in [0.15, 0.2) is 6.20 Å². The summed E-state index contributed by atoms with van der Waals surface area (Å²) in [6, 6.07) is 1.42. The van der Waals surface area contributed by atoms with E-state index in [1.807, 2.05) is 10.9 Å². The van der Waals surface area contributed by atoms with E-state index in [9.17, 15) is 0 Å². The Labute approximate surface area is 72.0 Å². The summed E-state index contributed by atoms with van der Waals surface area (Å²) < 4.78 is 1.89. The van der Waals surface area contributed by atoms with Gasteiger partial charge in [0, 0.05) is 12.1 Å². The maximum absolute atomic E-state index is 4.10. The van der Waals surface area contributed by atoms with Crippen molar-refractivity contribution in [2.45, 2.75) is 38.9 Å². The highest BCUT2D eigenvalue weighted by molar-refractivity contribution is 5.13. The topological polar surface area (TPSA) is 52.7 Å². The molecule has 1 aliphatic rings. The zero-order valence-corrected chi connectivity index (χ0v) is 7.65. The van der Waals surface area contributed by atoms with Crippen molar-refractivity contribution in [2.24, 2.45) is 0 Å². The van der Waals surface area contributed by atoms with Crippen LogP contribution >= 0.6 is 0 Å². The molecule has 1 saturated heterocycles. The molecule has 0 aromatic carbocycles. The largest absolute Gasteiger partial charge is 0.303 e.